The van der Waals surface area contributed by atoms with Crippen molar-refractivity contribution in [1.29, 1.82) is 0 Å². The fraction of sp³-hybridized carbons (Fsp3) is 0.357. The van der Waals surface area contributed by atoms with Crippen LogP contribution in [0.5, 0.6) is 0 Å². The molecule has 0 N–H and O–H groups in total. The van der Waals surface area contributed by atoms with Crippen LogP contribution in [0.1, 0.15) is 25.3 Å². The first-order chi connectivity index (χ1) is 7.34. The summed E-state index contributed by atoms with van der Waals surface area (Å²) >= 11 is 0. The van der Waals surface area contributed by atoms with Crippen LogP contribution >= 0.6 is 0 Å². The second-order valence-corrected chi connectivity index (χ2v) is 4.20. The van der Waals surface area contributed by atoms with Gasteiger partial charge in [0, 0.05) is 13.1 Å². The molecule has 2 rings (SSSR count). The van der Waals surface area contributed by atoms with Crippen molar-refractivity contribution in [2.75, 3.05) is 13.1 Å². The van der Waals surface area contributed by atoms with Gasteiger partial charge in [0.05, 0.1) is 0 Å². The minimum atomic E-state index is 1.08. The molecule has 1 fully saturated rings. The highest BCUT2D eigenvalue weighted by Gasteiger charge is 2.11. The first-order valence-corrected chi connectivity index (χ1v) is 5.64. The summed E-state index contributed by atoms with van der Waals surface area (Å²) in [5, 5.41) is 0. The molecule has 1 aliphatic heterocycles. The predicted molar refractivity (Wildman–Crippen MR) is 65.2 cm³/mol. The van der Waals surface area contributed by atoms with Crippen LogP contribution in [0, 0.1) is 6.54 Å². The van der Waals surface area contributed by atoms with Crippen LogP contribution in [0.15, 0.2) is 35.9 Å². The Bertz CT molecular complexity index is 320. The lowest BCUT2D eigenvalue weighted by Gasteiger charge is -2.14. The van der Waals surface area contributed by atoms with E-state index < -0.39 is 0 Å². The molecule has 0 saturated carbocycles. The van der Waals surface area contributed by atoms with Crippen LogP contribution in [-0.2, 0) is 0 Å². The van der Waals surface area contributed by atoms with Crippen molar-refractivity contribution in [2.24, 2.45) is 0 Å². The zero-order chi connectivity index (χ0) is 10.5. The van der Waals surface area contributed by atoms with Crippen LogP contribution in [0.4, 0.5) is 0 Å². The lowest BCUT2D eigenvalue weighted by atomic mass is 10.1. The second kappa shape index (κ2) is 5.13. The van der Waals surface area contributed by atoms with E-state index in [0.717, 1.165) is 6.54 Å². The van der Waals surface area contributed by atoms with E-state index in [4.69, 9.17) is 0 Å². The van der Waals surface area contributed by atoms with Gasteiger partial charge in [-0.1, -0.05) is 42.0 Å². The van der Waals surface area contributed by atoms with Crippen molar-refractivity contribution in [2.45, 2.75) is 19.8 Å². The summed E-state index contributed by atoms with van der Waals surface area (Å²) in [6.07, 6.45) is 4.84. The van der Waals surface area contributed by atoms with Crippen LogP contribution in [0.3, 0.4) is 0 Å². The highest BCUT2D eigenvalue weighted by Crippen LogP contribution is 2.15. The second-order valence-electron chi connectivity index (χ2n) is 4.20. The van der Waals surface area contributed by atoms with Gasteiger partial charge < -0.3 is 0 Å². The van der Waals surface area contributed by atoms with E-state index >= 15 is 0 Å². The monoisotopic (exact) mass is 200 g/mol. The first kappa shape index (κ1) is 10.4. The molecule has 1 radical (unpaired) electrons. The molecular weight excluding hydrogens is 182 g/mol. The number of likely N-dealkylation sites (tertiary alicyclic amines) is 1. The molecule has 1 heterocycles. The largest absolute Gasteiger partial charge is 0.295 e. The average molecular weight is 200 g/mol. The molecule has 1 heteroatoms. The molecule has 0 aromatic heterocycles. The zero-order valence-corrected chi connectivity index (χ0v) is 9.32. The van der Waals surface area contributed by atoms with E-state index in [9.17, 15) is 0 Å². The Morgan fingerprint density at radius 2 is 2.13 bits per heavy atom. The lowest BCUT2D eigenvalue weighted by Crippen LogP contribution is -2.17. The van der Waals surface area contributed by atoms with E-state index in [0.29, 0.717) is 0 Å². The van der Waals surface area contributed by atoms with Crippen molar-refractivity contribution in [3.8, 4) is 0 Å². The van der Waals surface area contributed by atoms with Gasteiger partial charge in [0.2, 0.25) is 0 Å². The molecule has 1 nitrogen and oxygen atoms in total. The molecule has 0 spiro atoms. The molecule has 0 atom stereocenters. The third-order valence-electron chi connectivity index (χ3n) is 2.70. The summed E-state index contributed by atoms with van der Waals surface area (Å²) in [5.41, 5.74) is 2.73. The minimum absolute atomic E-state index is 1.08. The van der Waals surface area contributed by atoms with Crippen LogP contribution in [0.25, 0.3) is 6.08 Å². The zero-order valence-electron chi connectivity index (χ0n) is 9.32. The summed E-state index contributed by atoms with van der Waals surface area (Å²) < 4.78 is 0. The minimum Gasteiger partial charge on any atom is -0.295 e. The molecule has 1 aromatic rings. The molecule has 0 bridgehead atoms. The summed E-state index contributed by atoms with van der Waals surface area (Å²) in [7, 11) is 0. The van der Waals surface area contributed by atoms with Gasteiger partial charge in [0.25, 0.3) is 0 Å². The number of rotatable bonds is 3. The molecule has 0 amide bonds. The smallest absolute Gasteiger partial charge is 0.0255 e. The Balaban J connectivity index is 1.95. The standard InChI is InChI=1S/C14H18N/c1-13(12-15-9-5-6-10-15)11-14-7-3-2-4-8-14/h2-4,7-9,11H,5-6,10,12H2,1H3. The maximum atomic E-state index is 2.41. The molecule has 0 unspecified atom stereocenters. The van der Waals surface area contributed by atoms with E-state index in [1.54, 1.807) is 0 Å². The van der Waals surface area contributed by atoms with Gasteiger partial charge in [-0.3, -0.25) is 4.90 Å². The fourth-order valence-electron chi connectivity index (χ4n) is 2.00. The van der Waals surface area contributed by atoms with E-state index in [1.165, 1.54) is 30.5 Å². The Morgan fingerprint density at radius 1 is 1.33 bits per heavy atom. The SMILES string of the molecule is CC(=Cc1ccccc1)CN1[CH]CCC1. The van der Waals surface area contributed by atoms with Gasteiger partial charge >= 0.3 is 0 Å². The molecular formula is C14H18N. The van der Waals surface area contributed by atoms with Gasteiger partial charge in [-0.2, -0.15) is 0 Å². The lowest BCUT2D eigenvalue weighted by molar-refractivity contribution is 0.420. The summed E-state index contributed by atoms with van der Waals surface area (Å²) in [6.45, 7) is 6.83. The van der Waals surface area contributed by atoms with Gasteiger partial charge in [0.1, 0.15) is 0 Å². The number of hydrogen-bond donors (Lipinski definition) is 0. The number of benzene rings is 1. The third kappa shape index (κ3) is 3.21. The summed E-state index contributed by atoms with van der Waals surface area (Å²) in [4.78, 5) is 2.41. The van der Waals surface area contributed by atoms with Crippen molar-refractivity contribution in [1.82, 2.24) is 4.90 Å². The highest BCUT2D eigenvalue weighted by atomic mass is 15.1. The molecule has 15 heavy (non-hydrogen) atoms. The van der Waals surface area contributed by atoms with Crippen molar-refractivity contribution in [3.05, 3.63) is 48.0 Å². The Labute approximate surface area is 92.4 Å². The topological polar surface area (TPSA) is 3.24 Å². The Morgan fingerprint density at radius 3 is 2.80 bits per heavy atom. The maximum absolute atomic E-state index is 2.41. The predicted octanol–water partition coefficient (Wildman–Crippen LogP) is 3.35. The van der Waals surface area contributed by atoms with E-state index in [1.807, 2.05) is 0 Å². The van der Waals surface area contributed by atoms with Crippen molar-refractivity contribution >= 4 is 6.08 Å². The van der Waals surface area contributed by atoms with Crippen molar-refractivity contribution in [3.63, 3.8) is 0 Å². The normalized spacial score (nSPS) is 18.3. The van der Waals surface area contributed by atoms with Gasteiger partial charge in [-0.05, 0) is 31.9 Å². The molecule has 0 aliphatic carbocycles. The number of hydrogen-bond acceptors (Lipinski definition) is 1. The third-order valence-corrected chi connectivity index (χ3v) is 2.70. The van der Waals surface area contributed by atoms with Gasteiger partial charge in [0.15, 0.2) is 0 Å². The molecule has 79 valence electrons. The molecule has 1 saturated heterocycles. The Hall–Kier alpha value is -1.08. The Kier molecular flexibility index (Phi) is 3.57. The molecule has 1 aliphatic rings. The highest BCUT2D eigenvalue weighted by molar-refractivity contribution is 5.52. The molecule has 1 aromatic carbocycles. The summed E-state index contributed by atoms with van der Waals surface area (Å²) in [6, 6.07) is 10.5. The maximum Gasteiger partial charge on any atom is 0.0255 e. The first-order valence-electron chi connectivity index (χ1n) is 5.64. The van der Waals surface area contributed by atoms with Crippen LogP contribution in [-0.4, -0.2) is 18.0 Å². The van der Waals surface area contributed by atoms with Crippen molar-refractivity contribution < 1.29 is 0 Å². The number of nitrogens with zero attached hydrogens (tertiary/aromatic N) is 1. The van der Waals surface area contributed by atoms with Gasteiger partial charge in [-0.25, -0.2) is 0 Å². The average Bonchev–Trinajstić information content (AvgIpc) is 2.71. The summed E-state index contributed by atoms with van der Waals surface area (Å²) in [5.74, 6) is 0. The fourth-order valence-corrected chi connectivity index (χ4v) is 2.00. The van der Waals surface area contributed by atoms with E-state index in [2.05, 4.69) is 54.8 Å². The van der Waals surface area contributed by atoms with Crippen LogP contribution in [0.2, 0.25) is 0 Å². The van der Waals surface area contributed by atoms with Gasteiger partial charge in [-0.15, -0.1) is 0 Å². The van der Waals surface area contributed by atoms with Crippen LogP contribution < -0.4 is 0 Å². The van der Waals surface area contributed by atoms with E-state index in [-0.39, 0.29) is 0 Å². The quantitative estimate of drug-likeness (QED) is 0.723.